The van der Waals surface area contributed by atoms with Gasteiger partial charge in [-0.05, 0) is 55.8 Å². The zero-order valence-corrected chi connectivity index (χ0v) is 15.0. The van der Waals surface area contributed by atoms with Crippen LogP contribution in [0.2, 0.25) is 0 Å². The first-order valence-corrected chi connectivity index (χ1v) is 9.06. The molecule has 0 aliphatic carbocycles. The number of nitrogens with zero attached hydrogens (tertiary/aromatic N) is 1. The Morgan fingerprint density at radius 1 is 1.17 bits per heavy atom. The van der Waals surface area contributed by atoms with Gasteiger partial charge in [-0.15, -0.1) is 0 Å². The third-order valence-electron chi connectivity index (χ3n) is 3.34. The van der Waals surface area contributed by atoms with Crippen molar-refractivity contribution in [2.45, 2.75) is 24.8 Å². The number of sulfonamides is 1. The number of benzene rings is 2. The number of carbonyl (C=O) groups is 1. The molecule has 2 aromatic rings. The number of halogens is 1. The molecule has 0 amide bonds. The molecule has 23 heavy (non-hydrogen) atoms. The molecule has 0 bridgehead atoms. The molecule has 0 heterocycles. The molecule has 2 rings (SSSR count). The Morgan fingerprint density at radius 2 is 1.78 bits per heavy atom. The summed E-state index contributed by atoms with van der Waals surface area (Å²) in [5.41, 5.74) is 1.17. The zero-order valence-electron chi connectivity index (χ0n) is 12.6. The van der Waals surface area contributed by atoms with Gasteiger partial charge in [-0.1, -0.05) is 28.1 Å². The van der Waals surface area contributed by atoms with Crippen molar-refractivity contribution in [2.75, 3.05) is 4.31 Å². The van der Waals surface area contributed by atoms with Gasteiger partial charge in [0, 0.05) is 4.47 Å². The fourth-order valence-electron chi connectivity index (χ4n) is 2.16. The lowest BCUT2D eigenvalue weighted by atomic mass is 10.2. The standard InChI is InChI=1S/C16H16BrNO4S/c1-11-4-3-5-14(10-11)18(12(2)16(19)20)23(21,22)15-8-6-13(17)7-9-15/h3-10,12H,1-2H3,(H,19,20). The first-order valence-electron chi connectivity index (χ1n) is 6.83. The van der Waals surface area contributed by atoms with Crippen molar-refractivity contribution < 1.29 is 18.3 Å². The van der Waals surface area contributed by atoms with Crippen molar-refractivity contribution in [1.29, 1.82) is 0 Å². The number of rotatable bonds is 5. The monoisotopic (exact) mass is 397 g/mol. The van der Waals surface area contributed by atoms with Crippen molar-refractivity contribution in [3.63, 3.8) is 0 Å². The lowest BCUT2D eigenvalue weighted by molar-refractivity contribution is -0.137. The molecule has 0 aromatic heterocycles. The predicted octanol–water partition coefficient (Wildman–Crippen LogP) is 3.43. The van der Waals surface area contributed by atoms with Gasteiger partial charge in [0.15, 0.2) is 0 Å². The van der Waals surface area contributed by atoms with Crippen LogP contribution in [0.5, 0.6) is 0 Å². The summed E-state index contributed by atoms with van der Waals surface area (Å²) >= 11 is 3.25. The number of anilines is 1. The minimum Gasteiger partial charge on any atom is -0.480 e. The van der Waals surface area contributed by atoms with Crippen LogP contribution in [-0.4, -0.2) is 25.5 Å². The Labute approximate surface area is 143 Å². The van der Waals surface area contributed by atoms with Crippen LogP contribution in [0.1, 0.15) is 12.5 Å². The van der Waals surface area contributed by atoms with Crippen LogP contribution in [0.15, 0.2) is 57.9 Å². The average Bonchev–Trinajstić information content (AvgIpc) is 2.47. The predicted molar refractivity (Wildman–Crippen MR) is 92.1 cm³/mol. The second kappa shape index (κ2) is 6.72. The molecule has 0 radical (unpaired) electrons. The maximum Gasteiger partial charge on any atom is 0.327 e. The highest BCUT2D eigenvalue weighted by Gasteiger charge is 2.33. The van der Waals surface area contributed by atoms with Gasteiger partial charge in [0.2, 0.25) is 0 Å². The number of carboxylic acid groups (broad SMARTS) is 1. The molecule has 0 aliphatic heterocycles. The van der Waals surface area contributed by atoms with Crippen molar-refractivity contribution in [3.05, 3.63) is 58.6 Å². The van der Waals surface area contributed by atoms with E-state index in [9.17, 15) is 18.3 Å². The Hall–Kier alpha value is -1.86. The van der Waals surface area contributed by atoms with Gasteiger partial charge in [-0.2, -0.15) is 0 Å². The Bertz CT molecular complexity index is 818. The van der Waals surface area contributed by atoms with Gasteiger partial charge in [-0.25, -0.2) is 13.2 Å². The van der Waals surface area contributed by atoms with E-state index in [1.165, 1.54) is 19.1 Å². The third-order valence-corrected chi connectivity index (χ3v) is 5.78. The molecular weight excluding hydrogens is 382 g/mol. The fourth-order valence-corrected chi connectivity index (χ4v) is 4.03. The second-order valence-corrected chi connectivity index (χ2v) is 7.84. The molecule has 0 saturated carbocycles. The first-order chi connectivity index (χ1) is 10.7. The van der Waals surface area contributed by atoms with Gasteiger partial charge >= 0.3 is 5.97 Å². The molecular formula is C16H16BrNO4S. The van der Waals surface area contributed by atoms with Gasteiger partial charge in [0.05, 0.1) is 10.6 Å². The van der Waals surface area contributed by atoms with Crippen molar-refractivity contribution in [3.8, 4) is 0 Å². The van der Waals surface area contributed by atoms with Gasteiger partial charge in [-0.3, -0.25) is 4.31 Å². The van der Waals surface area contributed by atoms with E-state index in [-0.39, 0.29) is 4.90 Å². The SMILES string of the molecule is Cc1cccc(N(C(C)C(=O)O)S(=O)(=O)c2ccc(Br)cc2)c1. The molecule has 1 N–H and O–H groups in total. The lowest BCUT2D eigenvalue weighted by Crippen LogP contribution is -2.43. The molecule has 1 atom stereocenters. The summed E-state index contributed by atoms with van der Waals surface area (Å²) in [6.07, 6.45) is 0. The molecule has 1 unspecified atom stereocenters. The Balaban J connectivity index is 2.61. The van der Waals surface area contributed by atoms with Crippen molar-refractivity contribution >= 4 is 37.6 Å². The Kier molecular flexibility index (Phi) is 5.11. The summed E-state index contributed by atoms with van der Waals surface area (Å²) in [6, 6.07) is 11.6. The largest absolute Gasteiger partial charge is 0.480 e. The molecule has 2 aromatic carbocycles. The van der Waals surface area contributed by atoms with Crippen LogP contribution >= 0.6 is 15.9 Å². The first kappa shape index (κ1) is 17.5. The van der Waals surface area contributed by atoms with Gasteiger partial charge in [0.1, 0.15) is 6.04 Å². The highest BCUT2D eigenvalue weighted by atomic mass is 79.9. The fraction of sp³-hybridized carbons (Fsp3) is 0.188. The maximum absolute atomic E-state index is 12.9. The summed E-state index contributed by atoms with van der Waals surface area (Å²) in [4.78, 5) is 11.5. The molecule has 5 nitrogen and oxygen atoms in total. The molecule has 122 valence electrons. The maximum atomic E-state index is 12.9. The highest BCUT2D eigenvalue weighted by molar-refractivity contribution is 9.10. The lowest BCUT2D eigenvalue weighted by Gasteiger charge is -2.28. The summed E-state index contributed by atoms with van der Waals surface area (Å²) in [7, 11) is -4.00. The van der Waals surface area contributed by atoms with E-state index >= 15 is 0 Å². The van der Waals surface area contributed by atoms with Crippen LogP contribution < -0.4 is 4.31 Å². The summed E-state index contributed by atoms with van der Waals surface area (Å²) in [5, 5.41) is 9.32. The van der Waals surface area contributed by atoms with Gasteiger partial charge < -0.3 is 5.11 Å². The molecule has 0 spiro atoms. The van der Waals surface area contributed by atoms with E-state index in [1.54, 1.807) is 30.3 Å². The molecule has 7 heteroatoms. The van der Waals surface area contributed by atoms with E-state index in [4.69, 9.17) is 0 Å². The minimum atomic E-state index is -4.00. The number of aryl methyl sites for hydroxylation is 1. The van der Waals surface area contributed by atoms with Crippen LogP contribution in [0.3, 0.4) is 0 Å². The van der Waals surface area contributed by atoms with Crippen LogP contribution in [0.4, 0.5) is 5.69 Å². The highest BCUT2D eigenvalue weighted by Crippen LogP contribution is 2.27. The topological polar surface area (TPSA) is 74.7 Å². The summed E-state index contributed by atoms with van der Waals surface area (Å²) in [5.74, 6) is -1.22. The van der Waals surface area contributed by atoms with Crippen LogP contribution in [0.25, 0.3) is 0 Å². The van der Waals surface area contributed by atoms with E-state index in [0.717, 1.165) is 14.3 Å². The van der Waals surface area contributed by atoms with Crippen LogP contribution in [-0.2, 0) is 14.8 Å². The minimum absolute atomic E-state index is 0.0373. The van der Waals surface area contributed by atoms with E-state index in [2.05, 4.69) is 15.9 Å². The number of hydrogen-bond donors (Lipinski definition) is 1. The number of aliphatic carboxylic acids is 1. The van der Waals surface area contributed by atoms with E-state index in [0.29, 0.717) is 5.69 Å². The van der Waals surface area contributed by atoms with Crippen molar-refractivity contribution in [1.82, 2.24) is 0 Å². The Morgan fingerprint density at radius 3 is 2.30 bits per heavy atom. The van der Waals surface area contributed by atoms with Crippen LogP contribution in [0, 0.1) is 6.92 Å². The molecule has 0 aliphatic rings. The second-order valence-electron chi connectivity index (χ2n) is 5.11. The number of hydrogen-bond acceptors (Lipinski definition) is 3. The summed E-state index contributed by atoms with van der Waals surface area (Å²) < 4.78 is 27.6. The number of carboxylic acids is 1. The molecule has 0 saturated heterocycles. The van der Waals surface area contributed by atoms with Crippen molar-refractivity contribution in [2.24, 2.45) is 0 Å². The third kappa shape index (κ3) is 3.73. The van der Waals surface area contributed by atoms with E-state index < -0.39 is 22.0 Å². The van der Waals surface area contributed by atoms with Gasteiger partial charge in [0.25, 0.3) is 10.0 Å². The summed E-state index contributed by atoms with van der Waals surface area (Å²) in [6.45, 7) is 3.17. The van der Waals surface area contributed by atoms with E-state index in [1.807, 2.05) is 13.0 Å². The smallest absolute Gasteiger partial charge is 0.327 e. The average molecular weight is 398 g/mol. The zero-order chi connectivity index (χ0) is 17.2. The quantitative estimate of drug-likeness (QED) is 0.838. The normalized spacial score (nSPS) is 12.7. The molecule has 0 fully saturated rings.